The molecule has 0 bridgehead atoms. The van der Waals surface area contributed by atoms with E-state index in [2.05, 4.69) is 34.5 Å². The smallest absolute Gasteiger partial charge is 0.0340 e. The summed E-state index contributed by atoms with van der Waals surface area (Å²) in [5.41, 5.74) is 8.39. The fraction of sp³-hybridized carbons (Fsp3) is 0.600. The van der Waals surface area contributed by atoms with E-state index in [9.17, 15) is 0 Å². The first kappa shape index (κ1) is 13.4. The molecule has 1 heterocycles. The molecule has 1 aliphatic rings. The number of anilines is 1. The SMILES string of the molecule is CNc1cccc(CCN2CCCC(CN)C2)c1. The number of piperidine rings is 1. The topological polar surface area (TPSA) is 41.3 Å². The largest absolute Gasteiger partial charge is 0.388 e. The Morgan fingerprint density at radius 3 is 3.11 bits per heavy atom. The molecule has 0 aliphatic carbocycles. The monoisotopic (exact) mass is 247 g/mol. The van der Waals surface area contributed by atoms with Crippen LogP contribution in [0.5, 0.6) is 0 Å². The number of hydrogen-bond acceptors (Lipinski definition) is 3. The van der Waals surface area contributed by atoms with Gasteiger partial charge in [0.2, 0.25) is 0 Å². The van der Waals surface area contributed by atoms with Crippen LogP contribution in [-0.4, -0.2) is 38.1 Å². The van der Waals surface area contributed by atoms with Crippen molar-refractivity contribution >= 4 is 5.69 Å². The predicted molar refractivity (Wildman–Crippen MR) is 77.9 cm³/mol. The normalized spacial score (nSPS) is 20.9. The van der Waals surface area contributed by atoms with E-state index in [1.807, 2.05) is 7.05 Å². The molecule has 0 spiro atoms. The second kappa shape index (κ2) is 6.76. The molecule has 0 aromatic heterocycles. The summed E-state index contributed by atoms with van der Waals surface area (Å²) in [5, 5.41) is 3.19. The lowest BCUT2D eigenvalue weighted by Gasteiger charge is -2.32. The molecule has 1 fully saturated rings. The van der Waals surface area contributed by atoms with E-state index in [1.165, 1.54) is 37.2 Å². The van der Waals surface area contributed by atoms with Gasteiger partial charge in [0, 0.05) is 25.8 Å². The number of nitrogens with two attached hydrogens (primary N) is 1. The standard InChI is InChI=1S/C15H25N3/c1-17-15-6-2-4-13(10-15)7-9-18-8-3-5-14(11-16)12-18/h2,4,6,10,14,17H,3,5,7-9,11-12,16H2,1H3. The number of benzene rings is 1. The van der Waals surface area contributed by atoms with Gasteiger partial charge in [-0.3, -0.25) is 0 Å². The summed E-state index contributed by atoms with van der Waals surface area (Å²) < 4.78 is 0. The Balaban J connectivity index is 1.83. The lowest BCUT2D eigenvalue weighted by Crippen LogP contribution is -2.39. The first-order valence-corrected chi connectivity index (χ1v) is 7.01. The van der Waals surface area contributed by atoms with Crippen LogP contribution in [0.25, 0.3) is 0 Å². The van der Waals surface area contributed by atoms with Crippen molar-refractivity contribution in [3.8, 4) is 0 Å². The van der Waals surface area contributed by atoms with E-state index < -0.39 is 0 Å². The van der Waals surface area contributed by atoms with Crippen LogP contribution in [0, 0.1) is 5.92 Å². The molecular weight excluding hydrogens is 222 g/mol. The second-order valence-corrected chi connectivity index (χ2v) is 5.24. The molecule has 1 aromatic carbocycles. The molecule has 100 valence electrons. The second-order valence-electron chi connectivity index (χ2n) is 5.24. The molecular formula is C15H25N3. The molecule has 3 nitrogen and oxygen atoms in total. The van der Waals surface area contributed by atoms with E-state index in [4.69, 9.17) is 5.73 Å². The van der Waals surface area contributed by atoms with E-state index in [-0.39, 0.29) is 0 Å². The van der Waals surface area contributed by atoms with Crippen LogP contribution in [0.3, 0.4) is 0 Å². The first-order chi connectivity index (χ1) is 8.81. The number of rotatable bonds is 5. The zero-order valence-electron chi connectivity index (χ0n) is 11.4. The Bertz CT molecular complexity index is 365. The van der Waals surface area contributed by atoms with Gasteiger partial charge in [0.1, 0.15) is 0 Å². The molecule has 0 radical (unpaired) electrons. The van der Waals surface area contributed by atoms with Crippen molar-refractivity contribution in [2.75, 3.05) is 38.5 Å². The zero-order valence-corrected chi connectivity index (χ0v) is 11.4. The van der Waals surface area contributed by atoms with Crippen molar-refractivity contribution in [1.29, 1.82) is 0 Å². The summed E-state index contributed by atoms with van der Waals surface area (Å²) in [6.07, 6.45) is 3.74. The van der Waals surface area contributed by atoms with Crippen molar-refractivity contribution in [1.82, 2.24) is 4.90 Å². The van der Waals surface area contributed by atoms with Gasteiger partial charge in [-0.15, -0.1) is 0 Å². The predicted octanol–water partition coefficient (Wildman–Crippen LogP) is 1.94. The Morgan fingerprint density at radius 2 is 2.33 bits per heavy atom. The molecule has 0 saturated carbocycles. The fourth-order valence-electron chi connectivity index (χ4n) is 2.72. The van der Waals surface area contributed by atoms with Gasteiger partial charge in [-0.05, 0) is 56.0 Å². The average Bonchev–Trinajstić information content (AvgIpc) is 2.45. The van der Waals surface area contributed by atoms with Crippen LogP contribution in [0.1, 0.15) is 18.4 Å². The minimum atomic E-state index is 0.711. The number of nitrogens with one attached hydrogen (secondary N) is 1. The molecule has 2 rings (SSSR count). The number of nitrogens with zero attached hydrogens (tertiary/aromatic N) is 1. The van der Waals surface area contributed by atoms with E-state index in [1.54, 1.807) is 0 Å². The van der Waals surface area contributed by atoms with Gasteiger partial charge in [0.05, 0.1) is 0 Å². The highest BCUT2D eigenvalue weighted by atomic mass is 15.1. The zero-order chi connectivity index (χ0) is 12.8. The molecule has 3 heteroatoms. The average molecular weight is 247 g/mol. The van der Waals surface area contributed by atoms with E-state index in [0.29, 0.717) is 5.92 Å². The summed E-state index contributed by atoms with van der Waals surface area (Å²) in [7, 11) is 1.97. The van der Waals surface area contributed by atoms with Crippen LogP contribution >= 0.6 is 0 Å². The summed E-state index contributed by atoms with van der Waals surface area (Å²) in [4.78, 5) is 2.56. The van der Waals surface area contributed by atoms with Crippen LogP contribution in [0.15, 0.2) is 24.3 Å². The van der Waals surface area contributed by atoms with Gasteiger partial charge >= 0.3 is 0 Å². The molecule has 1 atom stereocenters. The Kier molecular flexibility index (Phi) is 5.02. The lowest BCUT2D eigenvalue weighted by molar-refractivity contribution is 0.180. The van der Waals surface area contributed by atoms with Gasteiger partial charge in [-0.2, -0.15) is 0 Å². The summed E-state index contributed by atoms with van der Waals surface area (Å²) in [6.45, 7) is 4.42. The quantitative estimate of drug-likeness (QED) is 0.835. The van der Waals surface area contributed by atoms with Crippen molar-refractivity contribution in [3.63, 3.8) is 0 Å². The maximum absolute atomic E-state index is 5.78. The highest BCUT2D eigenvalue weighted by Gasteiger charge is 2.17. The third-order valence-electron chi connectivity index (χ3n) is 3.87. The lowest BCUT2D eigenvalue weighted by atomic mass is 9.98. The van der Waals surface area contributed by atoms with E-state index >= 15 is 0 Å². The van der Waals surface area contributed by atoms with Crippen LogP contribution in [0.2, 0.25) is 0 Å². The van der Waals surface area contributed by atoms with Crippen molar-refractivity contribution in [2.24, 2.45) is 11.7 Å². The highest BCUT2D eigenvalue weighted by molar-refractivity contribution is 5.45. The Morgan fingerprint density at radius 1 is 1.44 bits per heavy atom. The van der Waals surface area contributed by atoms with Crippen LogP contribution in [-0.2, 0) is 6.42 Å². The minimum absolute atomic E-state index is 0.711. The molecule has 1 aliphatic heterocycles. The maximum Gasteiger partial charge on any atom is 0.0340 e. The van der Waals surface area contributed by atoms with Gasteiger partial charge in [0.25, 0.3) is 0 Å². The summed E-state index contributed by atoms with van der Waals surface area (Å²) in [6, 6.07) is 8.68. The van der Waals surface area contributed by atoms with E-state index in [0.717, 1.165) is 19.5 Å². The van der Waals surface area contributed by atoms with Crippen LogP contribution < -0.4 is 11.1 Å². The highest BCUT2D eigenvalue weighted by Crippen LogP contribution is 2.16. The van der Waals surface area contributed by atoms with Gasteiger partial charge < -0.3 is 16.0 Å². The minimum Gasteiger partial charge on any atom is -0.388 e. The Labute approximate surface area is 110 Å². The third-order valence-corrected chi connectivity index (χ3v) is 3.87. The molecule has 3 N–H and O–H groups in total. The van der Waals surface area contributed by atoms with Crippen molar-refractivity contribution < 1.29 is 0 Å². The first-order valence-electron chi connectivity index (χ1n) is 7.01. The summed E-state index contributed by atoms with van der Waals surface area (Å²) >= 11 is 0. The fourth-order valence-corrected chi connectivity index (χ4v) is 2.72. The molecule has 1 aromatic rings. The summed E-state index contributed by atoms with van der Waals surface area (Å²) in [5.74, 6) is 0.711. The van der Waals surface area contributed by atoms with Gasteiger partial charge in [-0.1, -0.05) is 12.1 Å². The van der Waals surface area contributed by atoms with Gasteiger partial charge in [0.15, 0.2) is 0 Å². The Hall–Kier alpha value is -1.06. The maximum atomic E-state index is 5.78. The molecule has 0 amide bonds. The van der Waals surface area contributed by atoms with Crippen LogP contribution in [0.4, 0.5) is 5.69 Å². The number of likely N-dealkylation sites (tertiary alicyclic amines) is 1. The molecule has 1 unspecified atom stereocenters. The van der Waals surface area contributed by atoms with Crippen molar-refractivity contribution in [2.45, 2.75) is 19.3 Å². The van der Waals surface area contributed by atoms with Crippen molar-refractivity contribution in [3.05, 3.63) is 29.8 Å². The molecule has 18 heavy (non-hydrogen) atoms. The third kappa shape index (κ3) is 3.72. The van der Waals surface area contributed by atoms with Gasteiger partial charge in [-0.25, -0.2) is 0 Å². The number of hydrogen-bond donors (Lipinski definition) is 2. The molecule has 1 saturated heterocycles.